The van der Waals surface area contributed by atoms with Crippen molar-refractivity contribution in [2.24, 2.45) is 5.92 Å². The lowest BCUT2D eigenvalue weighted by Crippen LogP contribution is -2.30. The van der Waals surface area contributed by atoms with Crippen LogP contribution >= 0.6 is 0 Å². The number of hydrogen-bond acceptors (Lipinski definition) is 4. The maximum absolute atomic E-state index is 12.5. The summed E-state index contributed by atoms with van der Waals surface area (Å²) < 4.78 is 0. The summed E-state index contributed by atoms with van der Waals surface area (Å²) >= 11 is 0. The van der Waals surface area contributed by atoms with E-state index in [1.165, 1.54) is 6.20 Å². The predicted octanol–water partition coefficient (Wildman–Crippen LogP) is 2.12. The Hall–Kier alpha value is -2.73. The van der Waals surface area contributed by atoms with E-state index >= 15 is 0 Å². The number of nitrogens with one attached hydrogen (secondary N) is 1. The van der Waals surface area contributed by atoms with E-state index in [2.05, 4.69) is 10.3 Å². The Morgan fingerprint density at radius 2 is 2.12 bits per heavy atom. The molecule has 2 heterocycles. The van der Waals surface area contributed by atoms with Crippen LogP contribution in [0.5, 0.6) is 0 Å². The molecule has 1 aliphatic rings. The van der Waals surface area contributed by atoms with Crippen LogP contribution in [0.15, 0.2) is 48.8 Å². The summed E-state index contributed by atoms with van der Waals surface area (Å²) in [5.74, 6) is -0.658. The maximum atomic E-state index is 12.5. The zero-order valence-corrected chi connectivity index (χ0v) is 14.1. The third-order valence-corrected chi connectivity index (χ3v) is 4.62. The van der Waals surface area contributed by atoms with Crippen LogP contribution in [0.3, 0.4) is 0 Å². The van der Waals surface area contributed by atoms with E-state index in [1.54, 1.807) is 17.2 Å². The van der Waals surface area contributed by atoms with Crippen molar-refractivity contribution < 1.29 is 14.7 Å². The highest BCUT2D eigenvalue weighted by Crippen LogP contribution is 2.29. The van der Waals surface area contributed by atoms with Crippen LogP contribution in [-0.4, -0.2) is 33.3 Å². The number of aliphatic hydroxyl groups excluding tert-OH is 1. The van der Waals surface area contributed by atoms with Crippen molar-refractivity contribution in [3.63, 3.8) is 0 Å². The van der Waals surface area contributed by atoms with Crippen LogP contribution in [-0.2, 0) is 16.2 Å². The van der Waals surface area contributed by atoms with Gasteiger partial charge in [-0.25, -0.2) is 0 Å². The minimum atomic E-state index is -0.412. The fraction of sp³-hybridized carbons (Fsp3) is 0.316. The summed E-state index contributed by atoms with van der Waals surface area (Å²) in [5, 5.41) is 12.1. The van der Waals surface area contributed by atoms with Crippen LogP contribution in [0.2, 0.25) is 0 Å². The van der Waals surface area contributed by atoms with Gasteiger partial charge < -0.3 is 15.3 Å². The van der Waals surface area contributed by atoms with E-state index in [4.69, 9.17) is 0 Å². The van der Waals surface area contributed by atoms with Crippen molar-refractivity contribution in [2.75, 3.05) is 11.9 Å². The van der Waals surface area contributed by atoms with Gasteiger partial charge >= 0.3 is 0 Å². The van der Waals surface area contributed by atoms with Gasteiger partial charge in [-0.3, -0.25) is 14.6 Å². The number of pyridine rings is 1. The Kier molecular flexibility index (Phi) is 5.09. The molecule has 1 saturated heterocycles. The molecule has 2 amide bonds. The van der Waals surface area contributed by atoms with Crippen LogP contribution in [0.25, 0.3) is 0 Å². The van der Waals surface area contributed by atoms with Crippen LogP contribution in [0.1, 0.15) is 30.5 Å². The molecule has 0 spiro atoms. The molecule has 1 aromatic carbocycles. The SMILES string of the molecule is C[C@H](c1ccccc1)N1C[C@H](C(=O)Nc2cnccc2CO)CC1=O. The maximum Gasteiger partial charge on any atom is 0.229 e. The molecular weight excluding hydrogens is 318 g/mol. The van der Waals surface area contributed by atoms with Crippen molar-refractivity contribution in [1.29, 1.82) is 0 Å². The molecule has 2 N–H and O–H groups in total. The molecule has 1 aromatic heterocycles. The van der Waals surface area contributed by atoms with Crippen molar-refractivity contribution in [2.45, 2.75) is 26.0 Å². The fourth-order valence-corrected chi connectivity index (χ4v) is 3.10. The minimum Gasteiger partial charge on any atom is -0.392 e. The first-order valence-corrected chi connectivity index (χ1v) is 8.29. The number of benzene rings is 1. The normalized spacial score (nSPS) is 18.2. The second-order valence-corrected chi connectivity index (χ2v) is 6.21. The van der Waals surface area contributed by atoms with Gasteiger partial charge in [-0.15, -0.1) is 0 Å². The molecule has 0 unspecified atom stereocenters. The van der Waals surface area contributed by atoms with Crippen molar-refractivity contribution in [3.8, 4) is 0 Å². The number of carbonyl (C=O) groups excluding carboxylic acids is 2. The minimum absolute atomic E-state index is 0.0231. The second kappa shape index (κ2) is 7.44. The van der Waals surface area contributed by atoms with Crippen molar-refractivity contribution in [1.82, 2.24) is 9.88 Å². The summed E-state index contributed by atoms with van der Waals surface area (Å²) in [5.41, 5.74) is 2.13. The number of nitrogens with zero attached hydrogens (tertiary/aromatic N) is 2. The van der Waals surface area contributed by atoms with E-state index in [-0.39, 0.29) is 30.9 Å². The zero-order chi connectivity index (χ0) is 17.8. The number of hydrogen-bond donors (Lipinski definition) is 2. The number of aliphatic hydroxyl groups is 1. The molecule has 0 aliphatic carbocycles. The van der Waals surface area contributed by atoms with Crippen LogP contribution in [0, 0.1) is 5.92 Å². The van der Waals surface area contributed by atoms with Gasteiger partial charge in [-0.05, 0) is 18.6 Å². The molecule has 2 aromatic rings. The number of likely N-dealkylation sites (tertiary alicyclic amines) is 1. The Bertz CT molecular complexity index is 764. The van der Waals surface area contributed by atoms with E-state index < -0.39 is 5.92 Å². The lowest BCUT2D eigenvalue weighted by molar-refractivity contribution is -0.129. The van der Waals surface area contributed by atoms with Gasteiger partial charge in [0.1, 0.15) is 0 Å². The molecule has 2 atom stereocenters. The Morgan fingerprint density at radius 3 is 2.84 bits per heavy atom. The topological polar surface area (TPSA) is 82.5 Å². The molecular formula is C19H21N3O3. The molecule has 0 radical (unpaired) electrons. The number of amides is 2. The average molecular weight is 339 g/mol. The van der Waals surface area contributed by atoms with Crippen molar-refractivity contribution >= 4 is 17.5 Å². The lowest BCUT2D eigenvalue weighted by atomic mass is 10.1. The second-order valence-electron chi connectivity index (χ2n) is 6.21. The first-order chi connectivity index (χ1) is 12.1. The zero-order valence-electron chi connectivity index (χ0n) is 14.1. The number of aromatic nitrogens is 1. The van der Waals surface area contributed by atoms with Crippen molar-refractivity contribution in [3.05, 3.63) is 59.9 Å². The third-order valence-electron chi connectivity index (χ3n) is 4.62. The molecule has 1 fully saturated rings. The average Bonchev–Trinajstić information content (AvgIpc) is 3.04. The number of anilines is 1. The Balaban J connectivity index is 1.68. The summed E-state index contributed by atoms with van der Waals surface area (Å²) in [6, 6.07) is 11.4. The summed E-state index contributed by atoms with van der Waals surface area (Å²) in [6.07, 6.45) is 3.26. The first kappa shape index (κ1) is 17.1. The summed E-state index contributed by atoms with van der Waals surface area (Å²) in [6.45, 7) is 2.17. The van der Waals surface area contributed by atoms with Crippen LogP contribution in [0.4, 0.5) is 5.69 Å². The molecule has 6 nitrogen and oxygen atoms in total. The Morgan fingerprint density at radius 1 is 1.36 bits per heavy atom. The van der Waals surface area contributed by atoms with Gasteiger partial charge in [0.05, 0.1) is 30.5 Å². The molecule has 130 valence electrons. The molecule has 0 bridgehead atoms. The number of rotatable bonds is 5. The molecule has 25 heavy (non-hydrogen) atoms. The molecule has 1 aliphatic heterocycles. The van der Waals surface area contributed by atoms with Gasteiger partial charge in [-0.1, -0.05) is 30.3 Å². The van der Waals surface area contributed by atoms with Gasteiger partial charge in [0, 0.05) is 24.7 Å². The predicted molar refractivity (Wildman–Crippen MR) is 93.5 cm³/mol. The molecule has 6 heteroatoms. The fourth-order valence-electron chi connectivity index (χ4n) is 3.10. The largest absolute Gasteiger partial charge is 0.392 e. The monoisotopic (exact) mass is 339 g/mol. The van der Waals surface area contributed by atoms with Gasteiger partial charge in [-0.2, -0.15) is 0 Å². The van der Waals surface area contributed by atoms with E-state index in [9.17, 15) is 14.7 Å². The lowest BCUT2D eigenvalue weighted by Gasteiger charge is -2.25. The standard InChI is InChI=1S/C19H21N3O3/c1-13(14-5-3-2-4-6-14)22-11-16(9-18(22)24)19(25)21-17-10-20-8-7-15(17)12-23/h2-8,10,13,16,23H,9,11-12H2,1H3,(H,21,25)/t13-,16-/m1/s1. The van der Waals surface area contributed by atoms with Gasteiger partial charge in [0.15, 0.2) is 0 Å². The Labute approximate surface area is 146 Å². The highest BCUT2D eigenvalue weighted by molar-refractivity contribution is 5.97. The molecule has 0 saturated carbocycles. The van der Waals surface area contributed by atoms with Gasteiger partial charge in [0.25, 0.3) is 0 Å². The smallest absolute Gasteiger partial charge is 0.229 e. The molecule has 3 rings (SSSR count). The number of carbonyl (C=O) groups is 2. The highest BCUT2D eigenvalue weighted by Gasteiger charge is 2.37. The van der Waals surface area contributed by atoms with Gasteiger partial charge in [0.2, 0.25) is 11.8 Å². The summed E-state index contributed by atoms with van der Waals surface area (Å²) in [7, 11) is 0. The van der Waals surface area contributed by atoms with E-state index in [0.717, 1.165) is 5.56 Å². The third kappa shape index (κ3) is 3.69. The van der Waals surface area contributed by atoms with E-state index in [1.807, 2.05) is 37.3 Å². The summed E-state index contributed by atoms with van der Waals surface area (Å²) in [4.78, 5) is 30.6. The quantitative estimate of drug-likeness (QED) is 0.874. The van der Waals surface area contributed by atoms with Crippen LogP contribution < -0.4 is 5.32 Å². The van der Waals surface area contributed by atoms with E-state index in [0.29, 0.717) is 17.8 Å². The first-order valence-electron chi connectivity index (χ1n) is 8.29. The highest BCUT2D eigenvalue weighted by atomic mass is 16.3.